The van der Waals surface area contributed by atoms with Crippen LogP contribution < -0.4 is 9.47 Å². The molecule has 7 heteroatoms. The highest BCUT2D eigenvalue weighted by Gasteiger charge is 2.22. The zero-order chi connectivity index (χ0) is 18.8. The van der Waals surface area contributed by atoms with Crippen molar-refractivity contribution in [2.75, 3.05) is 7.11 Å². The highest BCUT2D eigenvalue weighted by atomic mass is 32.1. The van der Waals surface area contributed by atoms with Crippen molar-refractivity contribution in [2.45, 2.75) is 18.9 Å². The van der Waals surface area contributed by atoms with Crippen LogP contribution in [0.2, 0.25) is 0 Å². The van der Waals surface area contributed by atoms with Gasteiger partial charge in [0.2, 0.25) is 0 Å². The summed E-state index contributed by atoms with van der Waals surface area (Å²) in [4.78, 5) is 16.0. The summed E-state index contributed by atoms with van der Waals surface area (Å²) in [5, 5.41) is 0.365. The average molecular weight is 385 g/mol. The Balaban J connectivity index is 1.48. The molecule has 0 saturated carbocycles. The first-order chi connectivity index (χ1) is 13.1. The van der Waals surface area contributed by atoms with Crippen molar-refractivity contribution in [1.82, 2.24) is 4.98 Å². The second kappa shape index (κ2) is 7.36. The number of benzene rings is 2. The lowest BCUT2D eigenvalue weighted by Crippen LogP contribution is -2.15. The molecule has 0 saturated heterocycles. The molecule has 1 aliphatic heterocycles. The number of carbonyl (C=O) groups is 1. The van der Waals surface area contributed by atoms with E-state index >= 15 is 0 Å². The van der Waals surface area contributed by atoms with Crippen LogP contribution in [0.1, 0.15) is 33.3 Å². The summed E-state index contributed by atoms with van der Waals surface area (Å²) in [6, 6.07) is 12.0. The van der Waals surface area contributed by atoms with Gasteiger partial charge in [-0.05, 0) is 54.3 Å². The standard InChI is InChI=1S/C20H16FNO4S/c1-24-19(23)18-11-22-20(27-18)25-15-6-8-17-13(10-15)5-7-16(26-17)12-3-2-4-14(21)9-12/h2-4,6,8-11,16H,5,7H2,1H3. The first kappa shape index (κ1) is 17.5. The minimum absolute atomic E-state index is 0.165. The van der Waals surface area contributed by atoms with Gasteiger partial charge in [0.05, 0.1) is 13.3 Å². The van der Waals surface area contributed by atoms with E-state index in [0.717, 1.165) is 41.1 Å². The van der Waals surface area contributed by atoms with Gasteiger partial charge >= 0.3 is 5.97 Å². The molecule has 0 bridgehead atoms. The summed E-state index contributed by atoms with van der Waals surface area (Å²) in [5.74, 6) is 0.676. The topological polar surface area (TPSA) is 57.7 Å². The molecule has 2 heterocycles. The molecule has 0 aliphatic carbocycles. The molecule has 4 rings (SSSR count). The first-order valence-corrected chi connectivity index (χ1v) is 9.21. The highest BCUT2D eigenvalue weighted by Crippen LogP contribution is 2.38. The Morgan fingerprint density at radius 2 is 2.19 bits per heavy atom. The summed E-state index contributed by atoms with van der Waals surface area (Å²) in [6.07, 6.45) is 2.81. The third-order valence-corrected chi connectivity index (χ3v) is 5.13. The van der Waals surface area contributed by atoms with Crippen LogP contribution in [0.4, 0.5) is 4.39 Å². The predicted octanol–water partition coefficient (Wildman–Crippen LogP) is 4.93. The Bertz CT molecular complexity index is 988. The third kappa shape index (κ3) is 3.78. The van der Waals surface area contributed by atoms with Crippen LogP contribution in [0.5, 0.6) is 16.7 Å². The number of fused-ring (bicyclic) bond motifs is 1. The summed E-state index contributed by atoms with van der Waals surface area (Å²) in [5.41, 5.74) is 1.85. The van der Waals surface area contributed by atoms with Crippen LogP contribution in [0.3, 0.4) is 0 Å². The molecule has 1 aromatic heterocycles. The van der Waals surface area contributed by atoms with Crippen LogP contribution in [-0.2, 0) is 11.2 Å². The van der Waals surface area contributed by atoms with Gasteiger partial charge in [-0.15, -0.1) is 0 Å². The van der Waals surface area contributed by atoms with E-state index in [9.17, 15) is 9.18 Å². The van der Waals surface area contributed by atoms with Gasteiger partial charge in [-0.25, -0.2) is 14.2 Å². The van der Waals surface area contributed by atoms with Gasteiger partial charge < -0.3 is 14.2 Å². The Labute approximate surface area is 159 Å². The molecule has 2 aromatic carbocycles. The van der Waals surface area contributed by atoms with Gasteiger partial charge in [0.15, 0.2) is 0 Å². The molecule has 0 amide bonds. The zero-order valence-corrected chi connectivity index (χ0v) is 15.3. The van der Waals surface area contributed by atoms with Crippen LogP contribution in [0.15, 0.2) is 48.7 Å². The number of aryl methyl sites for hydroxylation is 1. The van der Waals surface area contributed by atoms with Crippen LogP contribution in [0, 0.1) is 5.82 Å². The molecule has 0 N–H and O–H groups in total. The summed E-state index contributed by atoms with van der Waals surface area (Å²) in [6.45, 7) is 0. The van der Waals surface area contributed by atoms with Crippen molar-refractivity contribution in [2.24, 2.45) is 0 Å². The normalized spacial score (nSPS) is 15.6. The molecule has 27 heavy (non-hydrogen) atoms. The maximum Gasteiger partial charge on any atom is 0.349 e. The number of hydrogen-bond donors (Lipinski definition) is 0. The SMILES string of the molecule is COC(=O)c1cnc(Oc2ccc3c(c2)CCC(c2cccc(F)c2)O3)s1. The molecule has 0 fully saturated rings. The number of nitrogens with zero attached hydrogens (tertiary/aromatic N) is 1. The Kier molecular flexibility index (Phi) is 4.77. The quantitative estimate of drug-likeness (QED) is 0.596. The Morgan fingerprint density at radius 3 is 3.00 bits per heavy atom. The van der Waals surface area contributed by atoms with Crippen LogP contribution in [-0.4, -0.2) is 18.1 Å². The lowest BCUT2D eigenvalue weighted by Gasteiger charge is -2.26. The number of methoxy groups -OCH3 is 1. The minimum Gasteiger partial charge on any atom is -0.485 e. The van der Waals surface area contributed by atoms with E-state index in [0.29, 0.717) is 15.8 Å². The molecule has 1 atom stereocenters. The second-order valence-corrected chi connectivity index (χ2v) is 7.05. The number of halogens is 1. The monoisotopic (exact) mass is 385 g/mol. The Morgan fingerprint density at radius 1 is 1.30 bits per heavy atom. The van der Waals surface area contributed by atoms with Gasteiger partial charge in [-0.2, -0.15) is 0 Å². The molecular formula is C20H16FNO4S. The molecule has 138 valence electrons. The third-order valence-electron chi connectivity index (χ3n) is 4.27. The number of hydrogen-bond acceptors (Lipinski definition) is 6. The molecule has 0 radical (unpaired) electrons. The second-order valence-electron chi connectivity index (χ2n) is 6.05. The number of aromatic nitrogens is 1. The number of esters is 1. The van der Waals surface area contributed by atoms with Gasteiger partial charge in [0, 0.05) is 0 Å². The maximum atomic E-state index is 13.4. The van der Waals surface area contributed by atoms with E-state index in [1.807, 2.05) is 18.2 Å². The van der Waals surface area contributed by atoms with Crippen LogP contribution in [0.25, 0.3) is 0 Å². The largest absolute Gasteiger partial charge is 0.485 e. The molecule has 0 spiro atoms. The lowest BCUT2D eigenvalue weighted by molar-refractivity contribution is 0.0606. The molecule has 3 aromatic rings. The summed E-state index contributed by atoms with van der Waals surface area (Å²) in [7, 11) is 1.32. The average Bonchev–Trinajstić information content (AvgIpc) is 3.15. The molecule has 1 aliphatic rings. The predicted molar refractivity (Wildman–Crippen MR) is 98.1 cm³/mol. The molecular weight excluding hydrogens is 369 g/mol. The van der Waals surface area contributed by atoms with Gasteiger partial charge in [-0.1, -0.05) is 23.5 Å². The van der Waals surface area contributed by atoms with E-state index in [2.05, 4.69) is 9.72 Å². The minimum atomic E-state index is -0.440. The van der Waals surface area contributed by atoms with E-state index in [-0.39, 0.29) is 11.9 Å². The van der Waals surface area contributed by atoms with E-state index in [4.69, 9.17) is 9.47 Å². The lowest BCUT2D eigenvalue weighted by atomic mass is 9.97. The van der Waals surface area contributed by atoms with Crippen molar-refractivity contribution < 1.29 is 23.4 Å². The van der Waals surface area contributed by atoms with Crippen molar-refractivity contribution >= 4 is 17.3 Å². The van der Waals surface area contributed by atoms with Crippen molar-refractivity contribution in [1.29, 1.82) is 0 Å². The van der Waals surface area contributed by atoms with Gasteiger partial charge in [0.1, 0.15) is 28.3 Å². The van der Waals surface area contributed by atoms with Gasteiger partial charge in [0.25, 0.3) is 5.19 Å². The van der Waals surface area contributed by atoms with E-state index in [1.165, 1.54) is 25.4 Å². The van der Waals surface area contributed by atoms with Crippen molar-refractivity contribution in [3.63, 3.8) is 0 Å². The molecule has 1 unspecified atom stereocenters. The first-order valence-electron chi connectivity index (χ1n) is 8.39. The highest BCUT2D eigenvalue weighted by molar-refractivity contribution is 7.15. The fourth-order valence-corrected chi connectivity index (χ4v) is 3.67. The number of carbonyl (C=O) groups excluding carboxylic acids is 1. The summed E-state index contributed by atoms with van der Waals surface area (Å²) >= 11 is 1.12. The summed E-state index contributed by atoms with van der Waals surface area (Å²) < 4.78 is 29.9. The number of ether oxygens (including phenoxy) is 3. The number of rotatable bonds is 4. The van der Waals surface area contributed by atoms with Gasteiger partial charge in [-0.3, -0.25) is 0 Å². The van der Waals surface area contributed by atoms with Crippen LogP contribution >= 0.6 is 11.3 Å². The number of thiazole rings is 1. The van der Waals surface area contributed by atoms with E-state index < -0.39 is 5.97 Å². The Hall–Kier alpha value is -2.93. The smallest absolute Gasteiger partial charge is 0.349 e. The van der Waals surface area contributed by atoms with Crippen molar-refractivity contribution in [3.05, 3.63) is 70.5 Å². The zero-order valence-electron chi connectivity index (χ0n) is 14.5. The van der Waals surface area contributed by atoms with E-state index in [1.54, 1.807) is 12.1 Å². The molecule has 5 nitrogen and oxygen atoms in total. The van der Waals surface area contributed by atoms with Crippen molar-refractivity contribution in [3.8, 4) is 16.7 Å². The maximum absolute atomic E-state index is 13.4. The fourth-order valence-electron chi connectivity index (χ4n) is 2.97. The fraction of sp³-hybridized carbons (Fsp3) is 0.200.